The lowest BCUT2D eigenvalue weighted by molar-refractivity contribution is 0.267. The molecule has 0 aliphatic carbocycles. The molecule has 5 nitrogen and oxygen atoms in total. The average Bonchev–Trinajstić information content (AvgIpc) is 2.62. The van der Waals surface area contributed by atoms with E-state index in [-0.39, 0.29) is 5.56 Å². The van der Waals surface area contributed by atoms with Gasteiger partial charge in [0.1, 0.15) is 5.75 Å². The minimum atomic E-state index is -0.0600. The van der Waals surface area contributed by atoms with Crippen LogP contribution in [0.25, 0.3) is 10.9 Å². The van der Waals surface area contributed by atoms with Crippen molar-refractivity contribution in [3.8, 4) is 5.75 Å². The van der Waals surface area contributed by atoms with Crippen LogP contribution in [0.1, 0.15) is 18.2 Å². The van der Waals surface area contributed by atoms with Crippen LogP contribution < -0.4 is 10.3 Å². The Hall–Kier alpha value is -2.66. The number of aromatic amines is 1. The predicted octanol–water partition coefficient (Wildman–Crippen LogP) is 2.95. The second-order valence-corrected chi connectivity index (χ2v) is 5.70. The molecule has 0 saturated carbocycles. The van der Waals surface area contributed by atoms with Gasteiger partial charge in [-0.25, -0.2) is 0 Å². The summed E-state index contributed by atoms with van der Waals surface area (Å²) in [5.41, 5.74) is 2.48. The second kappa shape index (κ2) is 7.27. The first-order valence-corrected chi connectivity index (χ1v) is 8.02. The van der Waals surface area contributed by atoms with Crippen LogP contribution in [0.2, 0.25) is 0 Å². The number of rotatable bonds is 6. The van der Waals surface area contributed by atoms with Gasteiger partial charge in [0, 0.05) is 30.9 Å². The molecule has 0 amide bonds. The highest BCUT2D eigenvalue weighted by Crippen LogP contribution is 2.19. The Morgan fingerprint density at radius 3 is 2.75 bits per heavy atom. The topological polar surface area (TPSA) is 58.2 Å². The molecule has 2 aromatic heterocycles. The molecule has 1 aromatic carbocycles. The number of H-pyrrole nitrogens is 1. The van der Waals surface area contributed by atoms with Gasteiger partial charge in [0.05, 0.1) is 18.3 Å². The molecule has 0 radical (unpaired) electrons. The van der Waals surface area contributed by atoms with Crippen molar-refractivity contribution < 1.29 is 4.74 Å². The Bertz CT molecular complexity index is 875. The fraction of sp³-hybridized carbons (Fsp3) is 0.263. The molecule has 24 heavy (non-hydrogen) atoms. The smallest absolute Gasteiger partial charge is 0.252 e. The molecule has 0 unspecified atom stereocenters. The zero-order chi connectivity index (χ0) is 16.9. The first-order chi connectivity index (χ1) is 11.7. The number of hydrogen-bond acceptors (Lipinski definition) is 4. The average molecular weight is 323 g/mol. The van der Waals surface area contributed by atoms with Crippen molar-refractivity contribution >= 4 is 10.9 Å². The van der Waals surface area contributed by atoms with Crippen molar-refractivity contribution in [3.05, 3.63) is 70.3 Å². The maximum Gasteiger partial charge on any atom is 0.252 e. The van der Waals surface area contributed by atoms with E-state index in [1.807, 2.05) is 42.5 Å². The van der Waals surface area contributed by atoms with Gasteiger partial charge in [-0.3, -0.25) is 14.7 Å². The molecule has 0 aliphatic rings. The number of benzene rings is 1. The van der Waals surface area contributed by atoms with Crippen molar-refractivity contribution in [2.75, 3.05) is 13.7 Å². The Kier molecular flexibility index (Phi) is 4.91. The number of methoxy groups -OCH3 is 1. The highest BCUT2D eigenvalue weighted by molar-refractivity contribution is 5.80. The molecule has 0 fully saturated rings. The van der Waals surface area contributed by atoms with Crippen molar-refractivity contribution in [1.82, 2.24) is 14.9 Å². The van der Waals surface area contributed by atoms with Crippen LogP contribution in [0.4, 0.5) is 0 Å². The van der Waals surface area contributed by atoms with Crippen LogP contribution in [-0.4, -0.2) is 28.5 Å². The van der Waals surface area contributed by atoms with E-state index in [0.29, 0.717) is 6.54 Å². The zero-order valence-electron chi connectivity index (χ0n) is 14.0. The summed E-state index contributed by atoms with van der Waals surface area (Å²) in [5.74, 6) is 0.733. The van der Waals surface area contributed by atoms with Crippen LogP contribution in [0.15, 0.2) is 53.5 Å². The van der Waals surface area contributed by atoms with E-state index in [0.717, 1.165) is 41.0 Å². The van der Waals surface area contributed by atoms with E-state index in [1.54, 1.807) is 13.3 Å². The van der Waals surface area contributed by atoms with E-state index in [4.69, 9.17) is 4.74 Å². The van der Waals surface area contributed by atoms with Gasteiger partial charge in [0.25, 0.3) is 5.56 Å². The predicted molar refractivity (Wildman–Crippen MR) is 95.1 cm³/mol. The summed E-state index contributed by atoms with van der Waals surface area (Å²) in [6, 6.07) is 13.5. The van der Waals surface area contributed by atoms with E-state index in [9.17, 15) is 4.79 Å². The number of fused-ring (bicyclic) bond motifs is 1. The molecule has 0 bridgehead atoms. The third-order valence-corrected chi connectivity index (χ3v) is 4.08. The standard InChI is InChI=1S/C19H21N3O2/c1-3-22(13-16-6-4-5-9-20-16)12-15-10-14-7-8-17(24-2)11-18(14)21-19(15)23/h4-11H,3,12-13H2,1-2H3,(H,21,23). The van der Waals surface area contributed by atoms with Crippen LogP contribution in [-0.2, 0) is 13.1 Å². The lowest BCUT2D eigenvalue weighted by Gasteiger charge is -2.19. The highest BCUT2D eigenvalue weighted by atomic mass is 16.5. The quantitative estimate of drug-likeness (QED) is 0.758. The molecular weight excluding hydrogens is 302 g/mol. The number of pyridine rings is 2. The minimum absolute atomic E-state index is 0.0600. The Morgan fingerprint density at radius 1 is 1.17 bits per heavy atom. The summed E-state index contributed by atoms with van der Waals surface area (Å²) < 4.78 is 5.20. The van der Waals surface area contributed by atoms with Crippen molar-refractivity contribution in [2.24, 2.45) is 0 Å². The van der Waals surface area contributed by atoms with Crippen LogP contribution in [0.3, 0.4) is 0 Å². The molecule has 0 spiro atoms. The van der Waals surface area contributed by atoms with Crippen LogP contribution in [0.5, 0.6) is 5.75 Å². The minimum Gasteiger partial charge on any atom is -0.497 e. The van der Waals surface area contributed by atoms with E-state index >= 15 is 0 Å². The summed E-state index contributed by atoms with van der Waals surface area (Å²) in [5, 5.41) is 0.999. The molecule has 1 N–H and O–H groups in total. The fourth-order valence-corrected chi connectivity index (χ4v) is 2.71. The number of nitrogens with one attached hydrogen (secondary N) is 1. The number of aromatic nitrogens is 2. The van der Waals surface area contributed by atoms with Crippen LogP contribution >= 0.6 is 0 Å². The number of nitrogens with zero attached hydrogens (tertiary/aromatic N) is 2. The van der Waals surface area contributed by atoms with Gasteiger partial charge < -0.3 is 9.72 Å². The third-order valence-electron chi connectivity index (χ3n) is 4.08. The summed E-state index contributed by atoms with van der Waals surface area (Å²) in [6.45, 7) is 4.24. The largest absolute Gasteiger partial charge is 0.497 e. The van der Waals surface area contributed by atoms with Gasteiger partial charge in [0.15, 0.2) is 0 Å². The van der Waals surface area contributed by atoms with Crippen molar-refractivity contribution in [1.29, 1.82) is 0 Å². The zero-order valence-corrected chi connectivity index (χ0v) is 14.0. The highest BCUT2D eigenvalue weighted by Gasteiger charge is 2.10. The molecule has 0 atom stereocenters. The molecule has 0 aliphatic heterocycles. The van der Waals surface area contributed by atoms with Crippen LogP contribution in [0, 0.1) is 0 Å². The molecule has 2 heterocycles. The van der Waals surface area contributed by atoms with Gasteiger partial charge in [-0.1, -0.05) is 13.0 Å². The first-order valence-electron chi connectivity index (χ1n) is 8.02. The fourth-order valence-electron chi connectivity index (χ4n) is 2.71. The second-order valence-electron chi connectivity index (χ2n) is 5.70. The van der Waals surface area contributed by atoms with E-state index in [1.165, 1.54) is 0 Å². The lowest BCUT2D eigenvalue weighted by atomic mass is 10.1. The molecule has 0 saturated heterocycles. The van der Waals surface area contributed by atoms with Gasteiger partial charge in [-0.05, 0) is 42.3 Å². The molecule has 3 rings (SSSR count). The maximum absolute atomic E-state index is 12.4. The number of hydrogen-bond donors (Lipinski definition) is 1. The Balaban J connectivity index is 1.85. The third kappa shape index (κ3) is 3.63. The molecular formula is C19H21N3O2. The SMILES string of the molecule is CCN(Cc1ccccn1)Cc1cc2ccc(OC)cc2[nH]c1=O. The summed E-state index contributed by atoms with van der Waals surface area (Å²) in [6.07, 6.45) is 1.79. The van der Waals surface area contributed by atoms with E-state index in [2.05, 4.69) is 21.8 Å². The first kappa shape index (κ1) is 16.2. The summed E-state index contributed by atoms with van der Waals surface area (Å²) in [7, 11) is 1.62. The Morgan fingerprint density at radius 2 is 2.04 bits per heavy atom. The van der Waals surface area contributed by atoms with Gasteiger partial charge in [0.2, 0.25) is 0 Å². The van der Waals surface area contributed by atoms with Gasteiger partial charge in [-0.15, -0.1) is 0 Å². The number of ether oxygens (including phenoxy) is 1. The van der Waals surface area contributed by atoms with E-state index < -0.39 is 0 Å². The molecule has 5 heteroatoms. The van der Waals surface area contributed by atoms with Gasteiger partial charge >= 0.3 is 0 Å². The molecule has 124 valence electrons. The lowest BCUT2D eigenvalue weighted by Crippen LogP contribution is -2.26. The van der Waals surface area contributed by atoms with Crippen molar-refractivity contribution in [2.45, 2.75) is 20.0 Å². The van der Waals surface area contributed by atoms with Crippen molar-refractivity contribution in [3.63, 3.8) is 0 Å². The summed E-state index contributed by atoms with van der Waals surface area (Å²) >= 11 is 0. The van der Waals surface area contributed by atoms with Gasteiger partial charge in [-0.2, -0.15) is 0 Å². The normalized spacial score (nSPS) is 11.1. The Labute approximate surface area is 140 Å². The monoisotopic (exact) mass is 323 g/mol. The summed E-state index contributed by atoms with van der Waals surface area (Å²) in [4.78, 5) is 21.9. The maximum atomic E-state index is 12.4. The molecule has 3 aromatic rings.